The molecule has 3 rings (SSSR count). The second kappa shape index (κ2) is 7.94. The summed E-state index contributed by atoms with van der Waals surface area (Å²) in [5, 5.41) is 0.902. The van der Waals surface area contributed by atoms with Gasteiger partial charge in [-0.3, -0.25) is 14.2 Å². The molecule has 142 valence electrons. The van der Waals surface area contributed by atoms with Gasteiger partial charge in [-0.05, 0) is 37.3 Å². The molecular weight excluding hydrogens is 370 g/mol. The van der Waals surface area contributed by atoms with Gasteiger partial charge in [0.1, 0.15) is 5.82 Å². The average molecular weight is 390 g/mol. The molecular formula is C19H20ClN3O4. The zero-order chi connectivity index (χ0) is 19.6. The van der Waals surface area contributed by atoms with Crippen LogP contribution in [0.25, 0.3) is 10.9 Å². The van der Waals surface area contributed by atoms with Gasteiger partial charge in [0.15, 0.2) is 5.76 Å². The number of furan rings is 1. The van der Waals surface area contributed by atoms with Crippen LogP contribution in [0, 0.1) is 0 Å². The predicted molar refractivity (Wildman–Crippen MR) is 102 cm³/mol. The lowest BCUT2D eigenvalue weighted by Crippen LogP contribution is -2.39. The lowest BCUT2D eigenvalue weighted by atomic mass is 10.2. The maximum Gasteiger partial charge on any atom is 0.290 e. The normalized spacial score (nSPS) is 12.3. The number of halogens is 1. The molecule has 2 heterocycles. The third-order valence-electron chi connectivity index (χ3n) is 4.44. The molecule has 7 nitrogen and oxygen atoms in total. The molecule has 27 heavy (non-hydrogen) atoms. The van der Waals surface area contributed by atoms with Crippen molar-refractivity contribution >= 4 is 28.4 Å². The van der Waals surface area contributed by atoms with Crippen molar-refractivity contribution in [1.82, 2.24) is 14.5 Å². The van der Waals surface area contributed by atoms with Crippen molar-refractivity contribution in [3.05, 3.63) is 63.6 Å². The highest BCUT2D eigenvalue weighted by Gasteiger charge is 2.27. The van der Waals surface area contributed by atoms with Crippen LogP contribution in [0.2, 0.25) is 5.02 Å². The minimum absolute atomic E-state index is 0.218. The molecule has 0 N–H and O–H groups in total. The number of carbonyl (C=O) groups excluding carboxylic acids is 1. The standard InChI is InChI=1S/C19H20ClN3O4/c1-12(23(8-10-26-3)19(25)16-5-4-9-27-16)17-21-15-7-6-13(20)11-14(15)18(24)22(17)2/h4-7,9,11-12H,8,10H2,1-3H3. The van der Waals surface area contributed by atoms with Crippen LogP contribution in [0.4, 0.5) is 0 Å². The zero-order valence-electron chi connectivity index (χ0n) is 15.3. The number of benzene rings is 1. The molecule has 8 heteroatoms. The summed E-state index contributed by atoms with van der Waals surface area (Å²) in [6.45, 7) is 2.49. The summed E-state index contributed by atoms with van der Waals surface area (Å²) in [4.78, 5) is 31.8. The quantitative estimate of drug-likeness (QED) is 0.647. The van der Waals surface area contributed by atoms with E-state index in [4.69, 9.17) is 20.8 Å². The molecule has 1 amide bonds. The van der Waals surface area contributed by atoms with E-state index in [1.165, 1.54) is 10.8 Å². The van der Waals surface area contributed by atoms with E-state index in [0.717, 1.165) is 0 Å². The molecule has 0 fully saturated rings. The van der Waals surface area contributed by atoms with Gasteiger partial charge in [-0.15, -0.1) is 0 Å². The van der Waals surface area contributed by atoms with Gasteiger partial charge in [-0.2, -0.15) is 0 Å². The Morgan fingerprint density at radius 2 is 2.19 bits per heavy atom. The minimum atomic E-state index is -0.476. The molecule has 0 saturated carbocycles. The van der Waals surface area contributed by atoms with Gasteiger partial charge < -0.3 is 14.1 Å². The summed E-state index contributed by atoms with van der Waals surface area (Å²) in [5.74, 6) is 0.386. The van der Waals surface area contributed by atoms with Crippen LogP contribution in [0.5, 0.6) is 0 Å². The van der Waals surface area contributed by atoms with Crippen LogP contribution in [0.3, 0.4) is 0 Å². The molecule has 1 atom stereocenters. The summed E-state index contributed by atoms with van der Waals surface area (Å²) >= 11 is 6.00. The lowest BCUT2D eigenvalue weighted by molar-refractivity contribution is 0.0573. The van der Waals surface area contributed by atoms with Crippen molar-refractivity contribution in [2.24, 2.45) is 7.05 Å². The Morgan fingerprint density at radius 3 is 2.85 bits per heavy atom. The van der Waals surface area contributed by atoms with Crippen LogP contribution in [-0.2, 0) is 11.8 Å². The van der Waals surface area contributed by atoms with E-state index in [1.807, 2.05) is 6.92 Å². The monoisotopic (exact) mass is 389 g/mol. The van der Waals surface area contributed by atoms with E-state index >= 15 is 0 Å². The molecule has 0 bridgehead atoms. The van der Waals surface area contributed by atoms with Crippen molar-refractivity contribution in [3.63, 3.8) is 0 Å². The summed E-state index contributed by atoms with van der Waals surface area (Å²) in [6, 6.07) is 7.75. The topological polar surface area (TPSA) is 77.6 Å². The van der Waals surface area contributed by atoms with Gasteiger partial charge in [0, 0.05) is 25.7 Å². The van der Waals surface area contributed by atoms with Gasteiger partial charge in [0.2, 0.25) is 0 Å². The Morgan fingerprint density at radius 1 is 1.41 bits per heavy atom. The van der Waals surface area contributed by atoms with E-state index in [2.05, 4.69) is 4.98 Å². The summed E-state index contributed by atoms with van der Waals surface area (Å²) < 4.78 is 11.8. The molecule has 0 saturated heterocycles. The van der Waals surface area contributed by atoms with E-state index < -0.39 is 6.04 Å². The highest BCUT2D eigenvalue weighted by molar-refractivity contribution is 6.31. The number of hydrogen-bond acceptors (Lipinski definition) is 5. The molecule has 3 aromatic rings. The molecule has 0 aliphatic carbocycles. The fourth-order valence-corrected chi connectivity index (χ4v) is 3.15. The zero-order valence-corrected chi connectivity index (χ0v) is 16.1. The first-order valence-electron chi connectivity index (χ1n) is 8.43. The predicted octanol–water partition coefficient (Wildman–Crippen LogP) is 3.03. The summed E-state index contributed by atoms with van der Waals surface area (Å²) in [6.07, 6.45) is 1.44. The molecule has 2 aromatic heterocycles. The third kappa shape index (κ3) is 3.74. The van der Waals surface area contributed by atoms with Crippen LogP contribution in [-0.4, -0.2) is 40.6 Å². The number of aromatic nitrogens is 2. The first-order chi connectivity index (χ1) is 12.9. The molecule has 0 spiro atoms. The van der Waals surface area contributed by atoms with Gasteiger partial charge in [0.25, 0.3) is 11.5 Å². The van der Waals surface area contributed by atoms with E-state index in [0.29, 0.717) is 34.9 Å². The van der Waals surface area contributed by atoms with Crippen molar-refractivity contribution in [1.29, 1.82) is 0 Å². The third-order valence-corrected chi connectivity index (χ3v) is 4.68. The first kappa shape index (κ1) is 19.1. The number of ether oxygens (including phenoxy) is 1. The van der Waals surface area contributed by atoms with Crippen molar-refractivity contribution in [2.45, 2.75) is 13.0 Å². The highest BCUT2D eigenvalue weighted by atomic mass is 35.5. The maximum absolute atomic E-state index is 12.9. The van der Waals surface area contributed by atoms with Gasteiger partial charge in [-0.1, -0.05) is 11.6 Å². The first-order valence-corrected chi connectivity index (χ1v) is 8.81. The molecule has 0 aliphatic heterocycles. The average Bonchev–Trinajstić information content (AvgIpc) is 3.19. The molecule has 1 aromatic carbocycles. The number of methoxy groups -OCH3 is 1. The SMILES string of the molecule is COCCN(C(=O)c1ccco1)C(C)c1nc2ccc(Cl)cc2c(=O)n1C. The van der Waals surface area contributed by atoms with Gasteiger partial charge in [-0.25, -0.2) is 4.98 Å². The fourth-order valence-electron chi connectivity index (χ4n) is 2.98. The summed E-state index contributed by atoms with van der Waals surface area (Å²) in [5.41, 5.74) is 0.308. The number of carbonyl (C=O) groups is 1. The summed E-state index contributed by atoms with van der Waals surface area (Å²) in [7, 11) is 3.20. The Kier molecular flexibility index (Phi) is 5.62. The van der Waals surface area contributed by atoms with Crippen LogP contribution in [0.1, 0.15) is 29.3 Å². The fraction of sp³-hybridized carbons (Fsp3) is 0.316. The number of nitrogens with zero attached hydrogens (tertiary/aromatic N) is 3. The van der Waals surface area contributed by atoms with E-state index in [-0.39, 0.29) is 17.2 Å². The Balaban J connectivity index is 2.06. The largest absolute Gasteiger partial charge is 0.459 e. The van der Waals surface area contributed by atoms with Crippen molar-refractivity contribution in [3.8, 4) is 0 Å². The van der Waals surface area contributed by atoms with Gasteiger partial charge in [0.05, 0.1) is 29.8 Å². The van der Waals surface area contributed by atoms with Crippen molar-refractivity contribution in [2.75, 3.05) is 20.3 Å². The molecule has 0 aliphatic rings. The molecule has 1 unspecified atom stereocenters. The minimum Gasteiger partial charge on any atom is -0.459 e. The second-order valence-electron chi connectivity index (χ2n) is 6.14. The number of amides is 1. The highest BCUT2D eigenvalue weighted by Crippen LogP contribution is 2.23. The smallest absolute Gasteiger partial charge is 0.290 e. The number of rotatable bonds is 6. The molecule has 0 radical (unpaired) electrons. The van der Waals surface area contributed by atoms with Crippen LogP contribution < -0.4 is 5.56 Å². The maximum atomic E-state index is 12.9. The Hall–Kier alpha value is -2.64. The number of hydrogen-bond donors (Lipinski definition) is 0. The van der Waals surface area contributed by atoms with Gasteiger partial charge >= 0.3 is 0 Å². The Bertz CT molecular complexity index is 1010. The van der Waals surface area contributed by atoms with Crippen LogP contribution in [0.15, 0.2) is 45.8 Å². The van der Waals surface area contributed by atoms with Crippen LogP contribution >= 0.6 is 11.6 Å². The van der Waals surface area contributed by atoms with E-state index in [1.54, 1.807) is 49.4 Å². The van der Waals surface area contributed by atoms with E-state index in [9.17, 15) is 9.59 Å². The number of fused-ring (bicyclic) bond motifs is 1. The second-order valence-corrected chi connectivity index (χ2v) is 6.58. The lowest BCUT2D eigenvalue weighted by Gasteiger charge is -2.29. The van der Waals surface area contributed by atoms with Crippen molar-refractivity contribution < 1.29 is 13.9 Å². The Labute approximate surface area is 161 Å².